The van der Waals surface area contributed by atoms with Crippen LogP contribution < -0.4 is 10.6 Å². The van der Waals surface area contributed by atoms with Crippen molar-refractivity contribution in [2.45, 2.75) is 25.9 Å². The van der Waals surface area contributed by atoms with Crippen LogP contribution in [0.15, 0.2) is 23.7 Å². The molecule has 0 unspecified atom stereocenters. The van der Waals surface area contributed by atoms with Crippen LogP contribution in [-0.4, -0.2) is 72.4 Å². The van der Waals surface area contributed by atoms with Gasteiger partial charge in [0, 0.05) is 57.7 Å². The second kappa shape index (κ2) is 8.14. The van der Waals surface area contributed by atoms with Gasteiger partial charge in [0.15, 0.2) is 5.96 Å². The summed E-state index contributed by atoms with van der Waals surface area (Å²) < 4.78 is 7.46. The predicted molar refractivity (Wildman–Crippen MR) is 88.1 cm³/mol. The van der Waals surface area contributed by atoms with Gasteiger partial charge < -0.3 is 19.9 Å². The minimum absolute atomic E-state index is 0.0751. The number of aromatic nitrogens is 2. The van der Waals surface area contributed by atoms with Crippen molar-refractivity contribution in [2.75, 3.05) is 46.4 Å². The first-order valence-corrected chi connectivity index (χ1v) is 7.85. The maximum Gasteiger partial charge on any atom is 0.191 e. The zero-order valence-electron chi connectivity index (χ0n) is 13.9. The summed E-state index contributed by atoms with van der Waals surface area (Å²) >= 11 is 0. The fourth-order valence-electron chi connectivity index (χ4n) is 2.52. The second-order valence-electron chi connectivity index (χ2n) is 6.06. The quantitative estimate of drug-likeness (QED) is 0.579. The lowest BCUT2D eigenvalue weighted by atomic mass is 10.0. The lowest BCUT2D eigenvalue weighted by Crippen LogP contribution is -2.56. The molecule has 0 aromatic carbocycles. The summed E-state index contributed by atoms with van der Waals surface area (Å²) in [6, 6.07) is 0. The third-order valence-corrected chi connectivity index (χ3v) is 4.00. The van der Waals surface area contributed by atoms with Gasteiger partial charge >= 0.3 is 0 Å². The number of hydrogen-bond donors (Lipinski definition) is 2. The van der Waals surface area contributed by atoms with Crippen molar-refractivity contribution in [3.8, 4) is 0 Å². The van der Waals surface area contributed by atoms with E-state index < -0.39 is 0 Å². The Morgan fingerprint density at radius 3 is 2.73 bits per heavy atom. The zero-order chi connectivity index (χ0) is 15.8. The Hall–Kier alpha value is -1.60. The van der Waals surface area contributed by atoms with Crippen LogP contribution in [-0.2, 0) is 11.3 Å². The van der Waals surface area contributed by atoms with E-state index in [-0.39, 0.29) is 5.54 Å². The summed E-state index contributed by atoms with van der Waals surface area (Å²) in [6.07, 6.45) is 5.57. The van der Waals surface area contributed by atoms with Crippen molar-refractivity contribution in [3.05, 3.63) is 18.7 Å². The molecule has 0 bridgehead atoms. The third-order valence-electron chi connectivity index (χ3n) is 4.00. The first-order chi connectivity index (χ1) is 10.6. The van der Waals surface area contributed by atoms with Gasteiger partial charge in [-0.25, -0.2) is 4.98 Å². The highest BCUT2D eigenvalue weighted by Crippen LogP contribution is 2.14. The maximum atomic E-state index is 5.42. The Balaban J connectivity index is 1.72. The summed E-state index contributed by atoms with van der Waals surface area (Å²) in [5.74, 6) is 0.835. The zero-order valence-corrected chi connectivity index (χ0v) is 13.9. The van der Waals surface area contributed by atoms with Crippen molar-refractivity contribution in [1.29, 1.82) is 0 Å². The van der Waals surface area contributed by atoms with E-state index in [2.05, 4.69) is 39.4 Å². The Morgan fingerprint density at radius 1 is 1.32 bits per heavy atom. The molecule has 0 amide bonds. The van der Waals surface area contributed by atoms with E-state index in [9.17, 15) is 0 Å². The molecule has 1 aliphatic heterocycles. The molecule has 0 aliphatic carbocycles. The number of imidazole rings is 1. The number of rotatable bonds is 6. The number of aliphatic imine (C=N–C) groups is 1. The Morgan fingerprint density at radius 2 is 2.09 bits per heavy atom. The molecular formula is C15H28N6O. The first-order valence-electron chi connectivity index (χ1n) is 7.85. The van der Waals surface area contributed by atoms with Crippen LogP contribution in [0, 0.1) is 0 Å². The van der Waals surface area contributed by atoms with Crippen LogP contribution in [0.1, 0.15) is 13.8 Å². The highest BCUT2D eigenvalue weighted by Gasteiger charge is 2.28. The van der Waals surface area contributed by atoms with E-state index in [4.69, 9.17) is 4.74 Å². The minimum atomic E-state index is 0.0751. The third kappa shape index (κ3) is 4.99. The van der Waals surface area contributed by atoms with Gasteiger partial charge in [0.2, 0.25) is 0 Å². The van der Waals surface area contributed by atoms with E-state index in [0.29, 0.717) is 0 Å². The summed E-state index contributed by atoms with van der Waals surface area (Å²) in [7, 11) is 1.80. The van der Waals surface area contributed by atoms with E-state index in [0.717, 1.165) is 51.9 Å². The summed E-state index contributed by atoms with van der Waals surface area (Å²) in [4.78, 5) is 10.8. The Kier molecular flexibility index (Phi) is 6.21. The molecule has 1 aromatic rings. The number of ether oxygens (including phenoxy) is 1. The van der Waals surface area contributed by atoms with Crippen molar-refractivity contribution in [3.63, 3.8) is 0 Å². The topological polar surface area (TPSA) is 66.7 Å². The molecule has 1 saturated heterocycles. The Labute approximate surface area is 132 Å². The molecule has 0 atom stereocenters. The molecule has 0 spiro atoms. The molecule has 0 saturated carbocycles. The molecular weight excluding hydrogens is 280 g/mol. The predicted octanol–water partition coefficient (Wildman–Crippen LogP) is 0.159. The first kappa shape index (κ1) is 16.8. The average molecular weight is 308 g/mol. The van der Waals surface area contributed by atoms with Crippen molar-refractivity contribution in [1.82, 2.24) is 25.1 Å². The SMILES string of the molecule is CN=C(NCCn1ccnc1)NCC(C)(C)N1CCOCC1. The monoisotopic (exact) mass is 308 g/mol. The molecule has 2 heterocycles. The van der Waals surface area contributed by atoms with Gasteiger partial charge in [0.25, 0.3) is 0 Å². The number of nitrogens with one attached hydrogen (secondary N) is 2. The van der Waals surface area contributed by atoms with Crippen LogP contribution >= 0.6 is 0 Å². The number of hydrogen-bond acceptors (Lipinski definition) is 4. The van der Waals surface area contributed by atoms with Gasteiger partial charge in [0.05, 0.1) is 19.5 Å². The fraction of sp³-hybridized carbons (Fsp3) is 0.733. The van der Waals surface area contributed by atoms with E-state index in [1.807, 2.05) is 17.1 Å². The highest BCUT2D eigenvalue weighted by molar-refractivity contribution is 5.79. The van der Waals surface area contributed by atoms with Crippen molar-refractivity contribution >= 4 is 5.96 Å². The molecule has 1 aromatic heterocycles. The normalized spacial score (nSPS) is 17.5. The summed E-state index contributed by atoms with van der Waals surface area (Å²) in [6.45, 7) is 10.7. The molecule has 7 nitrogen and oxygen atoms in total. The molecule has 7 heteroatoms. The molecule has 1 fully saturated rings. The average Bonchev–Trinajstić information content (AvgIpc) is 3.05. The van der Waals surface area contributed by atoms with Crippen LogP contribution in [0.5, 0.6) is 0 Å². The number of nitrogens with zero attached hydrogens (tertiary/aromatic N) is 4. The van der Waals surface area contributed by atoms with E-state index >= 15 is 0 Å². The molecule has 0 radical (unpaired) electrons. The molecule has 2 rings (SSSR count). The van der Waals surface area contributed by atoms with Crippen LogP contribution in [0.2, 0.25) is 0 Å². The smallest absolute Gasteiger partial charge is 0.191 e. The summed E-state index contributed by atoms with van der Waals surface area (Å²) in [5.41, 5.74) is 0.0751. The lowest BCUT2D eigenvalue weighted by Gasteiger charge is -2.41. The Bertz CT molecular complexity index is 451. The van der Waals surface area contributed by atoms with Crippen LogP contribution in [0.4, 0.5) is 0 Å². The fourth-order valence-corrected chi connectivity index (χ4v) is 2.52. The largest absolute Gasteiger partial charge is 0.379 e. The minimum Gasteiger partial charge on any atom is -0.379 e. The van der Waals surface area contributed by atoms with Crippen LogP contribution in [0.3, 0.4) is 0 Å². The van der Waals surface area contributed by atoms with Gasteiger partial charge in [-0.1, -0.05) is 0 Å². The van der Waals surface area contributed by atoms with Gasteiger partial charge in [-0.3, -0.25) is 9.89 Å². The number of morpholine rings is 1. The lowest BCUT2D eigenvalue weighted by molar-refractivity contribution is -0.00833. The van der Waals surface area contributed by atoms with Crippen LogP contribution in [0.25, 0.3) is 0 Å². The van der Waals surface area contributed by atoms with Gasteiger partial charge in [-0.05, 0) is 13.8 Å². The van der Waals surface area contributed by atoms with E-state index in [1.54, 1.807) is 13.2 Å². The second-order valence-corrected chi connectivity index (χ2v) is 6.06. The van der Waals surface area contributed by atoms with Gasteiger partial charge in [-0.2, -0.15) is 0 Å². The maximum absolute atomic E-state index is 5.42. The molecule has 124 valence electrons. The van der Waals surface area contributed by atoms with Crippen molar-refractivity contribution in [2.24, 2.45) is 4.99 Å². The molecule has 2 N–H and O–H groups in total. The summed E-state index contributed by atoms with van der Waals surface area (Å²) in [5, 5.41) is 6.75. The van der Waals surface area contributed by atoms with Gasteiger partial charge in [0.1, 0.15) is 0 Å². The van der Waals surface area contributed by atoms with E-state index in [1.165, 1.54) is 0 Å². The van der Waals surface area contributed by atoms with Gasteiger partial charge in [-0.15, -0.1) is 0 Å². The molecule has 22 heavy (non-hydrogen) atoms. The number of guanidine groups is 1. The standard InChI is InChI=1S/C15H28N6O/c1-15(2,21-8-10-22-11-9-21)12-19-14(16-3)18-5-7-20-6-4-17-13-20/h4,6,13H,5,7-12H2,1-3H3,(H2,16,18,19). The highest BCUT2D eigenvalue weighted by atomic mass is 16.5. The molecule has 1 aliphatic rings. The van der Waals surface area contributed by atoms with Crippen molar-refractivity contribution < 1.29 is 4.74 Å².